The summed E-state index contributed by atoms with van der Waals surface area (Å²) in [5, 5.41) is 3.19. The first kappa shape index (κ1) is 17.7. The Hall–Kier alpha value is -1.33. The number of hydrogen-bond donors (Lipinski definition) is 2. The number of carbonyl (C=O) groups excluding carboxylic acids is 1. The van der Waals surface area contributed by atoms with Gasteiger partial charge < -0.3 is 16.0 Å². The summed E-state index contributed by atoms with van der Waals surface area (Å²) >= 11 is 5.80. The molecule has 21 heavy (non-hydrogen) atoms. The molecule has 1 aromatic rings. The molecule has 1 aromatic heterocycles. The maximum Gasteiger partial charge on any atom is 0.251 e. The van der Waals surface area contributed by atoms with Crippen molar-refractivity contribution in [2.45, 2.75) is 39.7 Å². The molecule has 0 bridgehead atoms. The smallest absolute Gasteiger partial charge is 0.251 e. The molecule has 5 nitrogen and oxygen atoms in total. The number of halogens is 1. The normalized spacial score (nSPS) is 12.4. The SMILES string of the molecule is CCN(CC)CCCC(C)NC(=O)c1cc(N)nc(Cl)c1. The lowest BCUT2D eigenvalue weighted by molar-refractivity contribution is 0.0937. The van der Waals surface area contributed by atoms with E-state index in [1.165, 1.54) is 12.1 Å². The van der Waals surface area contributed by atoms with Crippen molar-refractivity contribution in [3.8, 4) is 0 Å². The molecule has 6 heteroatoms. The van der Waals surface area contributed by atoms with Gasteiger partial charge in [-0.05, 0) is 51.5 Å². The molecule has 1 rings (SSSR count). The summed E-state index contributed by atoms with van der Waals surface area (Å²) in [6.45, 7) is 9.50. The second kappa shape index (κ2) is 8.85. The Morgan fingerprint density at radius 3 is 2.67 bits per heavy atom. The molecule has 0 aliphatic rings. The molecule has 3 N–H and O–H groups in total. The molecule has 0 aliphatic carbocycles. The van der Waals surface area contributed by atoms with Gasteiger partial charge in [0.25, 0.3) is 5.91 Å². The summed E-state index contributed by atoms with van der Waals surface area (Å²) in [6, 6.07) is 3.17. The summed E-state index contributed by atoms with van der Waals surface area (Å²) in [5.74, 6) is 0.0863. The fraction of sp³-hybridized carbons (Fsp3) is 0.600. The molecule has 0 fully saturated rings. The van der Waals surface area contributed by atoms with Crippen LogP contribution in [-0.4, -0.2) is 41.5 Å². The van der Waals surface area contributed by atoms with E-state index < -0.39 is 0 Å². The number of anilines is 1. The quantitative estimate of drug-likeness (QED) is 0.724. The van der Waals surface area contributed by atoms with E-state index in [9.17, 15) is 4.79 Å². The van der Waals surface area contributed by atoms with Crippen LogP contribution in [0.5, 0.6) is 0 Å². The molecule has 1 heterocycles. The molecule has 118 valence electrons. The van der Waals surface area contributed by atoms with Crippen molar-refractivity contribution in [3.05, 3.63) is 22.8 Å². The van der Waals surface area contributed by atoms with E-state index in [1.54, 1.807) is 0 Å². The van der Waals surface area contributed by atoms with Crippen LogP contribution in [0.2, 0.25) is 5.15 Å². The van der Waals surface area contributed by atoms with Crippen molar-refractivity contribution in [1.29, 1.82) is 0 Å². The molecule has 0 spiro atoms. The first-order valence-corrected chi connectivity index (χ1v) is 7.80. The topological polar surface area (TPSA) is 71.2 Å². The van der Waals surface area contributed by atoms with Gasteiger partial charge >= 0.3 is 0 Å². The Balaban J connectivity index is 2.43. The third-order valence-corrected chi connectivity index (χ3v) is 3.65. The van der Waals surface area contributed by atoms with Crippen LogP contribution in [0, 0.1) is 0 Å². The lowest BCUT2D eigenvalue weighted by Gasteiger charge is -2.19. The molecular weight excluding hydrogens is 288 g/mol. The standard InChI is InChI=1S/C15H25ClN4O/c1-4-20(5-2)8-6-7-11(3)18-15(21)12-9-13(16)19-14(17)10-12/h9-11H,4-8H2,1-3H3,(H2,17,19)(H,18,21). The first-order valence-electron chi connectivity index (χ1n) is 7.42. The highest BCUT2D eigenvalue weighted by Gasteiger charge is 2.12. The summed E-state index contributed by atoms with van der Waals surface area (Å²) in [4.78, 5) is 18.3. The number of carbonyl (C=O) groups is 1. The monoisotopic (exact) mass is 312 g/mol. The average molecular weight is 313 g/mol. The molecule has 1 atom stereocenters. The van der Waals surface area contributed by atoms with E-state index in [1.807, 2.05) is 6.92 Å². The summed E-state index contributed by atoms with van der Waals surface area (Å²) < 4.78 is 0. The minimum absolute atomic E-state index is 0.112. The van der Waals surface area contributed by atoms with Crippen molar-refractivity contribution >= 4 is 23.3 Å². The van der Waals surface area contributed by atoms with Crippen LogP contribution in [0.1, 0.15) is 44.0 Å². The van der Waals surface area contributed by atoms with Crippen LogP contribution >= 0.6 is 11.6 Å². The van der Waals surface area contributed by atoms with Gasteiger partial charge in [-0.3, -0.25) is 4.79 Å². The molecular formula is C15H25ClN4O. The van der Waals surface area contributed by atoms with E-state index in [4.69, 9.17) is 17.3 Å². The zero-order chi connectivity index (χ0) is 15.8. The third-order valence-electron chi connectivity index (χ3n) is 3.46. The zero-order valence-electron chi connectivity index (χ0n) is 13.0. The maximum atomic E-state index is 12.1. The number of nitrogens with one attached hydrogen (secondary N) is 1. The third kappa shape index (κ3) is 6.31. The largest absolute Gasteiger partial charge is 0.384 e. The molecule has 0 aromatic carbocycles. The minimum Gasteiger partial charge on any atom is -0.384 e. The number of hydrogen-bond acceptors (Lipinski definition) is 4. The Labute approximate surface area is 131 Å². The van der Waals surface area contributed by atoms with Gasteiger partial charge in [-0.2, -0.15) is 0 Å². The van der Waals surface area contributed by atoms with Crippen LogP contribution < -0.4 is 11.1 Å². The second-order valence-electron chi connectivity index (χ2n) is 5.15. The number of nitrogen functional groups attached to an aromatic ring is 1. The van der Waals surface area contributed by atoms with Crippen LogP contribution in [0.4, 0.5) is 5.82 Å². The number of rotatable bonds is 8. The van der Waals surface area contributed by atoms with Gasteiger partial charge in [0.05, 0.1) is 0 Å². The maximum absolute atomic E-state index is 12.1. The van der Waals surface area contributed by atoms with E-state index in [0.29, 0.717) is 5.56 Å². The van der Waals surface area contributed by atoms with Gasteiger partial charge in [0.15, 0.2) is 0 Å². The van der Waals surface area contributed by atoms with Crippen molar-refractivity contribution in [2.24, 2.45) is 0 Å². The van der Waals surface area contributed by atoms with Crippen LogP contribution in [0.15, 0.2) is 12.1 Å². The first-order chi connectivity index (χ1) is 9.96. The second-order valence-corrected chi connectivity index (χ2v) is 5.53. The van der Waals surface area contributed by atoms with Crippen LogP contribution in [0.25, 0.3) is 0 Å². The van der Waals surface area contributed by atoms with Gasteiger partial charge in [0.2, 0.25) is 0 Å². The van der Waals surface area contributed by atoms with Gasteiger partial charge in [-0.15, -0.1) is 0 Å². The Kier molecular flexibility index (Phi) is 7.47. The number of pyridine rings is 1. The molecule has 0 radical (unpaired) electrons. The minimum atomic E-state index is -0.165. The summed E-state index contributed by atoms with van der Waals surface area (Å²) in [5.41, 5.74) is 6.04. The van der Waals surface area contributed by atoms with E-state index in [0.717, 1.165) is 32.5 Å². The highest BCUT2D eigenvalue weighted by molar-refractivity contribution is 6.29. The van der Waals surface area contributed by atoms with E-state index in [2.05, 4.69) is 29.0 Å². The summed E-state index contributed by atoms with van der Waals surface area (Å²) in [7, 11) is 0. The number of nitrogens with zero attached hydrogens (tertiary/aromatic N) is 2. The lowest BCUT2D eigenvalue weighted by Crippen LogP contribution is -2.33. The molecule has 1 amide bonds. The molecule has 1 unspecified atom stereocenters. The predicted octanol–water partition coefficient (Wildman–Crippen LogP) is 2.56. The zero-order valence-corrected chi connectivity index (χ0v) is 13.8. The Morgan fingerprint density at radius 1 is 1.43 bits per heavy atom. The molecule has 0 saturated heterocycles. The average Bonchev–Trinajstić information content (AvgIpc) is 2.42. The lowest BCUT2D eigenvalue weighted by atomic mass is 10.1. The fourth-order valence-corrected chi connectivity index (χ4v) is 2.40. The van der Waals surface area contributed by atoms with Crippen molar-refractivity contribution < 1.29 is 4.79 Å². The Bertz CT molecular complexity index is 443. The van der Waals surface area contributed by atoms with Gasteiger partial charge in [-0.25, -0.2) is 4.98 Å². The van der Waals surface area contributed by atoms with Crippen molar-refractivity contribution in [2.75, 3.05) is 25.4 Å². The van der Waals surface area contributed by atoms with Crippen molar-refractivity contribution in [3.63, 3.8) is 0 Å². The number of amides is 1. The molecule has 0 saturated carbocycles. The Morgan fingerprint density at radius 2 is 2.10 bits per heavy atom. The predicted molar refractivity (Wildman–Crippen MR) is 87.6 cm³/mol. The van der Waals surface area contributed by atoms with Crippen molar-refractivity contribution in [1.82, 2.24) is 15.2 Å². The van der Waals surface area contributed by atoms with E-state index in [-0.39, 0.29) is 22.9 Å². The highest BCUT2D eigenvalue weighted by Crippen LogP contribution is 2.12. The van der Waals surface area contributed by atoms with Gasteiger partial charge in [0.1, 0.15) is 11.0 Å². The fourth-order valence-electron chi connectivity index (χ4n) is 2.19. The molecule has 0 aliphatic heterocycles. The van der Waals surface area contributed by atoms with Gasteiger partial charge in [-0.1, -0.05) is 25.4 Å². The highest BCUT2D eigenvalue weighted by atomic mass is 35.5. The number of nitrogens with two attached hydrogens (primary N) is 1. The van der Waals surface area contributed by atoms with Crippen LogP contribution in [0.3, 0.4) is 0 Å². The summed E-state index contributed by atoms with van der Waals surface area (Å²) in [6.07, 6.45) is 2.00. The number of aromatic nitrogens is 1. The van der Waals surface area contributed by atoms with E-state index >= 15 is 0 Å². The van der Waals surface area contributed by atoms with Gasteiger partial charge in [0, 0.05) is 11.6 Å². The van der Waals surface area contributed by atoms with Crippen LogP contribution in [-0.2, 0) is 0 Å².